The van der Waals surface area contributed by atoms with Crippen LogP contribution in [0.15, 0.2) is 23.0 Å². The van der Waals surface area contributed by atoms with Gasteiger partial charge in [-0.15, -0.1) is 0 Å². The maximum Gasteiger partial charge on any atom is 0.263 e. The Morgan fingerprint density at radius 1 is 1.21 bits per heavy atom. The van der Waals surface area contributed by atoms with E-state index in [1.54, 1.807) is 15.5 Å². The molecular formula is C21H29N5O3. The fraction of sp³-hybridized carbons (Fsp3) is 0.571. The molecule has 0 atom stereocenters. The zero-order valence-corrected chi connectivity index (χ0v) is 17.2. The van der Waals surface area contributed by atoms with Gasteiger partial charge in [-0.05, 0) is 44.9 Å². The van der Waals surface area contributed by atoms with Gasteiger partial charge in [0.15, 0.2) is 0 Å². The van der Waals surface area contributed by atoms with E-state index in [2.05, 4.69) is 11.0 Å². The number of aliphatic hydroxyl groups excluding tert-OH is 1. The number of carbonyl (C=O) groups is 1. The molecule has 0 radical (unpaired) electrons. The summed E-state index contributed by atoms with van der Waals surface area (Å²) in [5.74, 6) is -0.212. The van der Waals surface area contributed by atoms with Gasteiger partial charge in [0.25, 0.3) is 11.5 Å². The Labute approximate surface area is 170 Å². The molecule has 4 rings (SSSR count). The number of rotatable bonds is 4. The van der Waals surface area contributed by atoms with Crippen LogP contribution >= 0.6 is 0 Å². The van der Waals surface area contributed by atoms with Crippen LogP contribution in [0.4, 0.5) is 0 Å². The van der Waals surface area contributed by atoms with Crippen LogP contribution in [0.5, 0.6) is 0 Å². The van der Waals surface area contributed by atoms with Gasteiger partial charge in [0.1, 0.15) is 5.56 Å². The first-order valence-electron chi connectivity index (χ1n) is 10.4. The standard InChI is InChI=1S/C21H29N5O3/c1-3-25-15(2)4-5-19(21(25)29)20(28)24-10-11-26-17(14-24)12-16(22-26)13-23-8-6-18(27)7-9-23/h4-5,12,18,27H,3,6-11,13-14H2,1-2H3. The number of piperidine rings is 1. The highest BCUT2D eigenvalue weighted by molar-refractivity contribution is 5.93. The lowest BCUT2D eigenvalue weighted by atomic mass is 10.1. The van der Waals surface area contributed by atoms with Gasteiger partial charge >= 0.3 is 0 Å². The number of hydrogen-bond acceptors (Lipinski definition) is 5. The van der Waals surface area contributed by atoms with Crippen molar-refractivity contribution in [2.45, 2.75) is 59.0 Å². The van der Waals surface area contributed by atoms with Crippen molar-refractivity contribution in [1.29, 1.82) is 0 Å². The van der Waals surface area contributed by atoms with Crippen molar-refractivity contribution in [3.63, 3.8) is 0 Å². The summed E-state index contributed by atoms with van der Waals surface area (Å²) in [6.45, 7) is 8.50. The van der Waals surface area contributed by atoms with Crippen LogP contribution in [-0.4, -0.2) is 60.9 Å². The summed E-state index contributed by atoms with van der Waals surface area (Å²) in [5.41, 5.74) is 2.87. The molecule has 1 N–H and O–H groups in total. The number of hydrogen-bond donors (Lipinski definition) is 1. The van der Waals surface area contributed by atoms with Crippen molar-refractivity contribution in [1.82, 2.24) is 24.1 Å². The highest BCUT2D eigenvalue weighted by Crippen LogP contribution is 2.18. The van der Waals surface area contributed by atoms with Gasteiger partial charge in [0, 0.05) is 38.4 Å². The summed E-state index contributed by atoms with van der Waals surface area (Å²) in [4.78, 5) is 29.7. The van der Waals surface area contributed by atoms with Crippen molar-refractivity contribution < 1.29 is 9.90 Å². The molecule has 0 aromatic carbocycles. The van der Waals surface area contributed by atoms with Gasteiger partial charge in [-0.3, -0.25) is 19.2 Å². The predicted molar refractivity (Wildman–Crippen MR) is 109 cm³/mol. The Morgan fingerprint density at radius 3 is 2.69 bits per heavy atom. The third-order valence-corrected chi connectivity index (χ3v) is 6.02. The molecule has 0 aliphatic carbocycles. The largest absolute Gasteiger partial charge is 0.393 e. The van der Waals surface area contributed by atoms with Crippen LogP contribution in [0.1, 0.15) is 47.2 Å². The van der Waals surface area contributed by atoms with E-state index in [0.717, 1.165) is 49.6 Å². The molecule has 156 valence electrons. The lowest BCUT2D eigenvalue weighted by Gasteiger charge is -2.28. The molecule has 0 unspecified atom stereocenters. The molecule has 0 spiro atoms. The Bertz CT molecular complexity index is 956. The minimum Gasteiger partial charge on any atom is -0.393 e. The zero-order chi connectivity index (χ0) is 20.5. The number of amides is 1. The molecule has 8 heteroatoms. The molecular weight excluding hydrogens is 370 g/mol. The van der Waals surface area contributed by atoms with Crippen LogP contribution in [0.3, 0.4) is 0 Å². The fourth-order valence-electron chi connectivity index (χ4n) is 4.28. The molecule has 4 heterocycles. The number of aromatic nitrogens is 3. The highest BCUT2D eigenvalue weighted by Gasteiger charge is 2.26. The zero-order valence-electron chi connectivity index (χ0n) is 17.2. The van der Waals surface area contributed by atoms with E-state index in [0.29, 0.717) is 26.2 Å². The molecule has 2 aliphatic heterocycles. The maximum atomic E-state index is 13.0. The Hall–Kier alpha value is -2.45. The number of nitrogens with zero attached hydrogens (tertiary/aromatic N) is 5. The van der Waals surface area contributed by atoms with Crippen molar-refractivity contribution in [2.75, 3.05) is 19.6 Å². The van der Waals surface area contributed by atoms with Crippen LogP contribution < -0.4 is 5.56 Å². The van der Waals surface area contributed by atoms with Gasteiger partial charge in [0.05, 0.1) is 30.6 Å². The van der Waals surface area contributed by atoms with E-state index < -0.39 is 0 Å². The average Bonchev–Trinajstić information content (AvgIpc) is 3.11. The second kappa shape index (κ2) is 8.12. The van der Waals surface area contributed by atoms with E-state index in [1.165, 1.54) is 0 Å². The van der Waals surface area contributed by atoms with E-state index in [9.17, 15) is 14.7 Å². The monoisotopic (exact) mass is 399 g/mol. The van der Waals surface area contributed by atoms with Gasteiger partial charge in [-0.25, -0.2) is 0 Å². The highest BCUT2D eigenvalue weighted by atomic mass is 16.3. The summed E-state index contributed by atoms with van der Waals surface area (Å²) >= 11 is 0. The third-order valence-electron chi connectivity index (χ3n) is 6.02. The first kappa shape index (κ1) is 19.8. The van der Waals surface area contributed by atoms with E-state index >= 15 is 0 Å². The van der Waals surface area contributed by atoms with Gasteiger partial charge < -0.3 is 14.6 Å². The van der Waals surface area contributed by atoms with Crippen LogP contribution in [0, 0.1) is 6.92 Å². The first-order chi connectivity index (χ1) is 14.0. The van der Waals surface area contributed by atoms with Crippen molar-refractivity contribution >= 4 is 5.91 Å². The minimum atomic E-state index is -0.218. The number of likely N-dealkylation sites (tertiary alicyclic amines) is 1. The number of carbonyl (C=O) groups excluding carboxylic acids is 1. The predicted octanol–water partition coefficient (Wildman–Crippen LogP) is 0.986. The van der Waals surface area contributed by atoms with Crippen LogP contribution in [-0.2, 0) is 26.2 Å². The van der Waals surface area contributed by atoms with E-state index in [-0.39, 0.29) is 23.1 Å². The summed E-state index contributed by atoms with van der Waals surface area (Å²) in [6, 6.07) is 5.54. The van der Waals surface area contributed by atoms with Crippen LogP contribution in [0.25, 0.3) is 0 Å². The van der Waals surface area contributed by atoms with Crippen molar-refractivity contribution in [2.24, 2.45) is 0 Å². The summed E-state index contributed by atoms with van der Waals surface area (Å²) in [5, 5.41) is 14.4. The first-order valence-corrected chi connectivity index (χ1v) is 10.4. The van der Waals surface area contributed by atoms with Crippen molar-refractivity contribution in [3.8, 4) is 0 Å². The molecule has 2 aliphatic rings. The quantitative estimate of drug-likeness (QED) is 0.829. The summed E-state index contributed by atoms with van der Waals surface area (Å²) in [6.07, 6.45) is 1.43. The Morgan fingerprint density at radius 2 is 1.97 bits per heavy atom. The Balaban J connectivity index is 1.47. The molecule has 0 bridgehead atoms. The number of aliphatic hydroxyl groups is 1. The molecule has 1 fully saturated rings. The van der Waals surface area contributed by atoms with Crippen molar-refractivity contribution in [3.05, 3.63) is 51.2 Å². The maximum absolute atomic E-state index is 13.0. The second-order valence-corrected chi connectivity index (χ2v) is 8.02. The second-order valence-electron chi connectivity index (χ2n) is 8.02. The van der Waals surface area contributed by atoms with Gasteiger partial charge in [-0.1, -0.05) is 0 Å². The third kappa shape index (κ3) is 4.00. The van der Waals surface area contributed by atoms with E-state index in [1.807, 2.05) is 24.6 Å². The van der Waals surface area contributed by atoms with E-state index in [4.69, 9.17) is 5.10 Å². The average molecular weight is 399 g/mol. The van der Waals surface area contributed by atoms with Gasteiger partial charge in [-0.2, -0.15) is 5.10 Å². The molecule has 1 amide bonds. The minimum absolute atomic E-state index is 0.180. The number of aryl methyl sites for hydroxylation is 1. The molecule has 8 nitrogen and oxygen atoms in total. The number of fused-ring (bicyclic) bond motifs is 1. The van der Waals surface area contributed by atoms with Crippen LogP contribution in [0.2, 0.25) is 0 Å². The topological polar surface area (TPSA) is 83.6 Å². The molecule has 2 aromatic heterocycles. The molecule has 1 saturated heterocycles. The number of pyridine rings is 1. The Kier molecular flexibility index (Phi) is 5.56. The summed E-state index contributed by atoms with van der Waals surface area (Å²) < 4.78 is 3.60. The normalized spacial score (nSPS) is 18.1. The molecule has 2 aromatic rings. The SMILES string of the molecule is CCn1c(C)ccc(C(=O)N2CCn3nc(CN4CCC(O)CC4)cc3C2)c1=O. The smallest absolute Gasteiger partial charge is 0.263 e. The lowest BCUT2D eigenvalue weighted by Crippen LogP contribution is -2.41. The lowest BCUT2D eigenvalue weighted by molar-refractivity contribution is 0.0702. The van der Waals surface area contributed by atoms with Gasteiger partial charge in [0.2, 0.25) is 0 Å². The summed E-state index contributed by atoms with van der Waals surface area (Å²) in [7, 11) is 0. The molecule has 29 heavy (non-hydrogen) atoms. The fourth-order valence-corrected chi connectivity index (χ4v) is 4.28. The molecule has 0 saturated carbocycles.